The molecule has 1 saturated carbocycles. The Kier molecular flexibility index (Phi) is 4.31. The normalized spacial score (nSPS) is 18.6. The van der Waals surface area contributed by atoms with E-state index in [4.69, 9.17) is 0 Å². The Labute approximate surface area is 120 Å². The first-order valence-corrected chi connectivity index (χ1v) is 7.19. The molecule has 1 aliphatic carbocycles. The molecule has 0 spiro atoms. The van der Waals surface area contributed by atoms with E-state index in [1.54, 1.807) is 12.1 Å². The second-order valence-electron chi connectivity index (χ2n) is 6.46. The van der Waals surface area contributed by atoms with Gasteiger partial charge in [-0.1, -0.05) is 13.8 Å². The van der Waals surface area contributed by atoms with Crippen LogP contribution in [0.2, 0.25) is 0 Å². The second kappa shape index (κ2) is 5.81. The first-order chi connectivity index (χ1) is 9.35. The summed E-state index contributed by atoms with van der Waals surface area (Å²) in [6.07, 6.45) is 4.41. The van der Waals surface area contributed by atoms with Crippen LogP contribution in [0, 0.1) is 11.2 Å². The fraction of sp³-hybridized carbons (Fsp3) is 0.562. The molecule has 110 valence electrons. The highest BCUT2D eigenvalue weighted by atomic mass is 19.1. The van der Waals surface area contributed by atoms with Crippen molar-refractivity contribution in [2.75, 3.05) is 10.6 Å². The molecule has 1 amide bonds. The van der Waals surface area contributed by atoms with E-state index in [1.165, 1.54) is 13.0 Å². The lowest BCUT2D eigenvalue weighted by Gasteiger charge is -2.35. The Hall–Kier alpha value is -1.58. The largest absolute Gasteiger partial charge is 0.380 e. The number of carbonyl (C=O) groups excluding carboxylic acids is 1. The van der Waals surface area contributed by atoms with Gasteiger partial charge in [0.25, 0.3) is 0 Å². The van der Waals surface area contributed by atoms with Crippen molar-refractivity contribution in [1.82, 2.24) is 0 Å². The van der Waals surface area contributed by atoms with Gasteiger partial charge >= 0.3 is 0 Å². The third-order valence-corrected chi connectivity index (χ3v) is 3.99. The highest BCUT2D eigenvalue weighted by molar-refractivity contribution is 5.89. The van der Waals surface area contributed by atoms with Crippen molar-refractivity contribution in [2.45, 2.75) is 52.5 Å². The van der Waals surface area contributed by atoms with Gasteiger partial charge in [0.05, 0.1) is 5.69 Å². The van der Waals surface area contributed by atoms with Gasteiger partial charge in [-0.05, 0) is 49.3 Å². The number of rotatable bonds is 3. The monoisotopic (exact) mass is 278 g/mol. The first-order valence-electron chi connectivity index (χ1n) is 7.19. The summed E-state index contributed by atoms with van der Waals surface area (Å²) < 4.78 is 13.8. The number of hydrogen-bond donors (Lipinski definition) is 2. The van der Waals surface area contributed by atoms with Crippen LogP contribution < -0.4 is 10.6 Å². The molecule has 0 atom stereocenters. The maximum absolute atomic E-state index is 13.8. The third kappa shape index (κ3) is 3.95. The number of anilines is 2. The van der Waals surface area contributed by atoms with E-state index >= 15 is 0 Å². The average molecular weight is 278 g/mol. The molecule has 0 radical (unpaired) electrons. The van der Waals surface area contributed by atoms with Gasteiger partial charge < -0.3 is 10.6 Å². The summed E-state index contributed by atoms with van der Waals surface area (Å²) in [5, 5.41) is 5.95. The van der Waals surface area contributed by atoms with Crippen LogP contribution in [-0.2, 0) is 4.79 Å². The maximum Gasteiger partial charge on any atom is 0.221 e. The summed E-state index contributed by atoms with van der Waals surface area (Å²) in [7, 11) is 0. The highest BCUT2D eigenvalue weighted by Gasteiger charge is 2.27. The Bertz CT molecular complexity index is 489. The van der Waals surface area contributed by atoms with Gasteiger partial charge in [-0.15, -0.1) is 0 Å². The molecule has 20 heavy (non-hydrogen) atoms. The van der Waals surface area contributed by atoms with Crippen molar-refractivity contribution >= 4 is 17.3 Å². The number of benzene rings is 1. The fourth-order valence-corrected chi connectivity index (χ4v) is 2.68. The topological polar surface area (TPSA) is 41.1 Å². The van der Waals surface area contributed by atoms with Crippen LogP contribution in [0.3, 0.4) is 0 Å². The minimum atomic E-state index is -0.274. The second-order valence-corrected chi connectivity index (χ2v) is 6.46. The Morgan fingerprint density at radius 2 is 1.95 bits per heavy atom. The van der Waals surface area contributed by atoms with Gasteiger partial charge in [0.2, 0.25) is 5.91 Å². The smallest absolute Gasteiger partial charge is 0.221 e. The highest BCUT2D eigenvalue weighted by Crippen LogP contribution is 2.36. The molecular formula is C16H23FN2O. The minimum absolute atomic E-state index is 0.151. The number of halogens is 1. The predicted octanol–water partition coefficient (Wildman–Crippen LogP) is 4.16. The number of carbonyl (C=O) groups is 1. The van der Waals surface area contributed by atoms with Crippen LogP contribution in [0.5, 0.6) is 0 Å². The molecule has 0 heterocycles. The molecule has 4 heteroatoms. The quantitative estimate of drug-likeness (QED) is 0.871. The SMILES string of the molecule is CC(=O)Nc1ccc(F)c(NC2CCC(C)(C)CC2)c1. The van der Waals surface area contributed by atoms with Crippen molar-refractivity contribution in [2.24, 2.45) is 5.41 Å². The van der Waals surface area contributed by atoms with Crippen LogP contribution in [0.4, 0.5) is 15.8 Å². The van der Waals surface area contributed by atoms with Crippen molar-refractivity contribution in [1.29, 1.82) is 0 Å². The standard InChI is InChI=1S/C16H23FN2O/c1-11(20)18-13-4-5-14(17)15(10-13)19-12-6-8-16(2,3)9-7-12/h4-5,10,12,19H,6-9H2,1-3H3,(H,18,20). The average Bonchev–Trinajstić information content (AvgIpc) is 2.35. The number of nitrogens with one attached hydrogen (secondary N) is 2. The summed E-state index contributed by atoms with van der Waals surface area (Å²) in [5.74, 6) is -0.425. The molecule has 0 aromatic heterocycles. The zero-order valence-corrected chi connectivity index (χ0v) is 12.4. The van der Waals surface area contributed by atoms with Crippen molar-refractivity contribution < 1.29 is 9.18 Å². The molecule has 0 saturated heterocycles. The minimum Gasteiger partial charge on any atom is -0.380 e. The molecule has 1 aromatic rings. The maximum atomic E-state index is 13.8. The van der Waals surface area contributed by atoms with E-state index in [1.807, 2.05) is 0 Å². The van der Waals surface area contributed by atoms with Gasteiger partial charge in [0.15, 0.2) is 0 Å². The van der Waals surface area contributed by atoms with E-state index in [0.717, 1.165) is 25.7 Å². The van der Waals surface area contributed by atoms with E-state index in [0.29, 0.717) is 22.8 Å². The van der Waals surface area contributed by atoms with Crippen LogP contribution in [-0.4, -0.2) is 11.9 Å². The first kappa shape index (κ1) is 14.8. The predicted molar refractivity (Wildman–Crippen MR) is 80.4 cm³/mol. The summed E-state index contributed by atoms with van der Waals surface area (Å²) in [5.41, 5.74) is 1.49. The van der Waals surface area contributed by atoms with Crippen molar-refractivity contribution in [3.63, 3.8) is 0 Å². The van der Waals surface area contributed by atoms with Crippen LogP contribution in [0.25, 0.3) is 0 Å². The van der Waals surface area contributed by atoms with E-state index in [9.17, 15) is 9.18 Å². The lowest BCUT2D eigenvalue weighted by atomic mass is 9.75. The zero-order valence-electron chi connectivity index (χ0n) is 12.4. The molecule has 0 aliphatic heterocycles. The van der Waals surface area contributed by atoms with Gasteiger partial charge in [-0.25, -0.2) is 4.39 Å². The fourth-order valence-electron chi connectivity index (χ4n) is 2.68. The molecule has 0 unspecified atom stereocenters. The van der Waals surface area contributed by atoms with Gasteiger partial charge in [0, 0.05) is 18.7 Å². The van der Waals surface area contributed by atoms with Crippen LogP contribution in [0.15, 0.2) is 18.2 Å². The molecular weight excluding hydrogens is 255 g/mol. The third-order valence-electron chi connectivity index (χ3n) is 3.99. The van der Waals surface area contributed by atoms with Crippen molar-refractivity contribution in [3.05, 3.63) is 24.0 Å². The molecule has 2 N–H and O–H groups in total. The van der Waals surface area contributed by atoms with Gasteiger partial charge in [-0.3, -0.25) is 4.79 Å². The van der Waals surface area contributed by atoms with Gasteiger partial charge in [-0.2, -0.15) is 0 Å². The van der Waals surface area contributed by atoms with E-state index in [-0.39, 0.29) is 11.7 Å². The lowest BCUT2D eigenvalue weighted by molar-refractivity contribution is -0.114. The Morgan fingerprint density at radius 3 is 2.55 bits per heavy atom. The van der Waals surface area contributed by atoms with E-state index < -0.39 is 0 Å². The number of amides is 1. The molecule has 2 rings (SSSR count). The lowest BCUT2D eigenvalue weighted by Crippen LogP contribution is -2.30. The summed E-state index contributed by atoms with van der Waals surface area (Å²) in [6, 6.07) is 4.94. The molecule has 1 aliphatic rings. The van der Waals surface area contributed by atoms with Gasteiger partial charge in [0.1, 0.15) is 5.82 Å². The molecule has 1 fully saturated rings. The summed E-state index contributed by atoms with van der Waals surface area (Å²) in [4.78, 5) is 11.0. The Morgan fingerprint density at radius 1 is 1.30 bits per heavy atom. The van der Waals surface area contributed by atoms with Crippen molar-refractivity contribution in [3.8, 4) is 0 Å². The molecule has 3 nitrogen and oxygen atoms in total. The van der Waals surface area contributed by atoms with Crippen LogP contribution >= 0.6 is 0 Å². The molecule has 1 aromatic carbocycles. The summed E-state index contributed by atoms with van der Waals surface area (Å²) in [6.45, 7) is 6.00. The summed E-state index contributed by atoms with van der Waals surface area (Å²) >= 11 is 0. The van der Waals surface area contributed by atoms with Crippen LogP contribution in [0.1, 0.15) is 46.5 Å². The number of hydrogen-bond acceptors (Lipinski definition) is 2. The molecule has 0 bridgehead atoms. The Balaban J connectivity index is 2.03. The zero-order chi connectivity index (χ0) is 14.8. The van der Waals surface area contributed by atoms with E-state index in [2.05, 4.69) is 24.5 Å².